The molecule has 0 bridgehead atoms. The topological polar surface area (TPSA) is 59.8 Å². The van der Waals surface area contributed by atoms with E-state index >= 15 is 0 Å². The Kier molecular flexibility index (Phi) is 14.9. The molecule has 5 nitrogen and oxygen atoms in total. The van der Waals surface area contributed by atoms with Gasteiger partial charge in [-0.2, -0.15) is 0 Å². The SMILES string of the molecule is CC.CC.CC=CC.CC=O.Cn1nnc2c1-c1ccccc1NCc1ccccc1-2. The van der Waals surface area contributed by atoms with Gasteiger partial charge < -0.3 is 10.1 Å². The number of aryl methyl sites for hydroxylation is 1. The summed E-state index contributed by atoms with van der Waals surface area (Å²) in [6.07, 6.45) is 4.75. The molecule has 2 heterocycles. The standard InChI is InChI=1S/C16H14N4.C4H8.C2H4O.2C2H6/c1-20-16-13-8-4-5-9-14(13)17-10-11-6-2-3-7-12(11)15(16)18-19-20;1-3-4-2;1-2-3;2*1-2/h2-9,17H,10H2,1H3;3-4H,1-2H3;2H,1H3;2*1-2H3. The lowest BCUT2D eigenvalue weighted by Gasteiger charge is -2.18. The summed E-state index contributed by atoms with van der Waals surface area (Å²) in [4.78, 5) is 8.81. The Labute approximate surface area is 188 Å². The number of aldehydes is 1. The summed E-state index contributed by atoms with van der Waals surface area (Å²) >= 11 is 0. The summed E-state index contributed by atoms with van der Waals surface area (Å²) in [6.45, 7) is 14.2. The van der Waals surface area contributed by atoms with Crippen LogP contribution in [0, 0.1) is 0 Å². The van der Waals surface area contributed by atoms with Crippen LogP contribution in [0.5, 0.6) is 0 Å². The van der Waals surface area contributed by atoms with Crippen molar-refractivity contribution in [1.82, 2.24) is 15.0 Å². The van der Waals surface area contributed by atoms with Crippen molar-refractivity contribution in [1.29, 1.82) is 0 Å². The van der Waals surface area contributed by atoms with E-state index in [0.29, 0.717) is 0 Å². The summed E-state index contributed by atoms with van der Waals surface area (Å²) in [5.74, 6) is 0. The Morgan fingerprint density at radius 3 is 1.97 bits per heavy atom. The lowest BCUT2D eigenvalue weighted by Crippen LogP contribution is -2.07. The number of nitrogens with one attached hydrogen (secondary N) is 1. The van der Waals surface area contributed by atoms with Gasteiger partial charge in [0, 0.05) is 30.4 Å². The molecule has 168 valence electrons. The van der Waals surface area contributed by atoms with E-state index in [9.17, 15) is 0 Å². The third kappa shape index (κ3) is 7.85. The van der Waals surface area contributed by atoms with Crippen LogP contribution in [0.2, 0.25) is 0 Å². The highest BCUT2D eigenvalue weighted by molar-refractivity contribution is 5.87. The first-order chi connectivity index (χ1) is 15.2. The van der Waals surface area contributed by atoms with Gasteiger partial charge in [-0.25, -0.2) is 4.68 Å². The van der Waals surface area contributed by atoms with E-state index in [-0.39, 0.29) is 0 Å². The van der Waals surface area contributed by atoms with Crippen LogP contribution < -0.4 is 5.32 Å². The van der Waals surface area contributed by atoms with Crippen LogP contribution >= 0.6 is 0 Å². The molecule has 1 aromatic heterocycles. The molecule has 5 heteroatoms. The minimum Gasteiger partial charge on any atom is -0.380 e. The van der Waals surface area contributed by atoms with Crippen LogP contribution in [-0.4, -0.2) is 21.3 Å². The highest BCUT2D eigenvalue weighted by atomic mass is 16.1. The van der Waals surface area contributed by atoms with Crippen LogP contribution in [0.25, 0.3) is 22.5 Å². The van der Waals surface area contributed by atoms with Crippen molar-refractivity contribution in [3.63, 3.8) is 0 Å². The van der Waals surface area contributed by atoms with Gasteiger partial charge in [0.2, 0.25) is 0 Å². The third-order valence-corrected chi connectivity index (χ3v) is 4.08. The molecule has 0 saturated heterocycles. The Morgan fingerprint density at radius 1 is 0.871 bits per heavy atom. The number of fused-ring (bicyclic) bond motifs is 5. The summed E-state index contributed by atoms with van der Waals surface area (Å²) < 4.78 is 1.85. The minimum atomic E-state index is 0.750. The fraction of sp³-hybridized carbons (Fsp3) is 0.346. The molecule has 31 heavy (non-hydrogen) atoms. The molecule has 0 saturated carbocycles. The third-order valence-electron chi connectivity index (χ3n) is 4.08. The second-order valence-corrected chi connectivity index (χ2v) is 5.87. The van der Waals surface area contributed by atoms with E-state index in [1.165, 1.54) is 12.5 Å². The summed E-state index contributed by atoms with van der Waals surface area (Å²) in [7, 11) is 1.94. The van der Waals surface area contributed by atoms with Gasteiger partial charge in [-0.1, -0.05) is 87.5 Å². The summed E-state index contributed by atoms with van der Waals surface area (Å²) in [5, 5.41) is 12.1. The number of anilines is 1. The fourth-order valence-corrected chi connectivity index (χ4v) is 2.78. The molecular formula is C26H38N4O. The number of rotatable bonds is 0. The quantitative estimate of drug-likeness (QED) is 0.316. The van der Waals surface area contributed by atoms with Crippen LogP contribution in [0.1, 0.15) is 54.0 Å². The van der Waals surface area contributed by atoms with Gasteiger partial charge >= 0.3 is 0 Å². The lowest BCUT2D eigenvalue weighted by atomic mass is 9.97. The van der Waals surface area contributed by atoms with E-state index in [4.69, 9.17) is 4.79 Å². The van der Waals surface area contributed by atoms with Crippen molar-refractivity contribution in [2.24, 2.45) is 7.05 Å². The molecule has 0 radical (unpaired) electrons. The molecule has 2 aromatic carbocycles. The Morgan fingerprint density at radius 2 is 1.39 bits per heavy atom. The number of allylic oxidation sites excluding steroid dienone is 2. The normalized spacial score (nSPS) is 10.1. The number of para-hydroxylation sites is 1. The first-order valence-corrected chi connectivity index (χ1v) is 11.0. The van der Waals surface area contributed by atoms with Gasteiger partial charge in [-0.3, -0.25) is 0 Å². The van der Waals surface area contributed by atoms with Crippen LogP contribution in [-0.2, 0) is 18.4 Å². The van der Waals surface area contributed by atoms with E-state index < -0.39 is 0 Å². The number of hydrogen-bond acceptors (Lipinski definition) is 4. The average molecular weight is 423 g/mol. The smallest absolute Gasteiger partial charge is 0.121 e. The van der Waals surface area contributed by atoms with Gasteiger partial charge in [0.05, 0.1) is 5.69 Å². The van der Waals surface area contributed by atoms with Crippen molar-refractivity contribution in [3.8, 4) is 22.5 Å². The van der Waals surface area contributed by atoms with E-state index in [1.54, 1.807) is 0 Å². The molecule has 0 atom stereocenters. The molecular weight excluding hydrogens is 384 g/mol. The zero-order chi connectivity index (χ0) is 23.6. The largest absolute Gasteiger partial charge is 0.380 e. The zero-order valence-corrected chi connectivity index (χ0v) is 20.3. The molecule has 4 rings (SSSR count). The predicted octanol–water partition coefficient (Wildman–Crippen LogP) is 6.91. The van der Waals surface area contributed by atoms with Crippen LogP contribution in [0.4, 0.5) is 5.69 Å². The number of aromatic nitrogens is 3. The first kappa shape index (κ1) is 27.8. The summed E-state index contributed by atoms with van der Waals surface area (Å²) in [5.41, 5.74) is 6.66. The highest BCUT2D eigenvalue weighted by Gasteiger charge is 2.21. The number of benzene rings is 2. The molecule has 0 amide bonds. The number of carbonyl (C=O) groups excluding carboxylic acids is 1. The van der Waals surface area contributed by atoms with Crippen LogP contribution in [0.3, 0.4) is 0 Å². The Balaban J connectivity index is 0.000000703. The van der Waals surface area contributed by atoms with Crippen LogP contribution in [0.15, 0.2) is 60.7 Å². The first-order valence-electron chi connectivity index (χ1n) is 11.0. The monoisotopic (exact) mass is 422 g/mol. The molecule has 0 unspecified atom stereocenters. The maximum atomic E-state index is 8.81. The number of carbonyl (C=O) groups is 1. The van der Waals surface area contributed by atoms with Gasteiger partial charge in [-0.15, -0.1) is 5.10 Å². The number of nitrogens with zero attached hydrogens (tertiary/aromatic N) is 3. The van der Waals surface area contributed by atoms with Crippen molar-refractivity contribution in [2.45, 2.75) is 55.0 Å². The second kappa shape index (κ2) is 16.6. The highest BCUT2D eigenvalue weighted by Crippen LogP contribution is 2.37. The average Bonchev–Trinajstić information content (AvgIpc) is 3.20. The van der Waals surface area contributed by atoms with Crippen molar-refractivity contribution < 1.29 is 4.79 Å². The van der Waals surface area contributed by atoms with Crippen molar-refractivity contribution in [3.05, 3.63) is 66.2 Å². The van der Waals surface area contributed by atoms with Crippen molar-refractivity contribution in [2.75, 3.05) is 5.32 Å². The minimum absolute atomic E-state index is 0.750. The van der Waals surface area contributed by atoms with E-state index in [0.717, 1.165) is 41.0 Å². The number of hydrogen-bond donors (Lipinski definition) is 1. The van der Waals surface area contributed by atoms with E-state index in [1.807, 2.05) is 83.6 Å². The molecule has 1 aliphatic heterocycles. The van der Waals surface area contributed by atoms with Gasteiger partial charge in [0.15, 0.2) is 0 Å². The van der Waals surface area contributed by atoms with Gasteiger partial charge in [0.1, 0.15) is 12.0 Å². The van der Waals surface area contributed by atoms with E-state index in [2.05, 4.69) is 46.0 Å². The molecule has 3 aromatic rings. The molecule has 0 aliphatic carbocycles. The Hall–Kier alpha value is -3.21. The molecule has 0 spiro atoms. The molecule has 1 N–H and O–H groups in total. The second-order valence-electron chi connectivity index (χ2n) is 5.87. The molecule has 1 aliphatic rings. The molecule has 0 fully saturated rings. The van der Waals surface area contributed by atoms with Crippen molar-refractivity contribution >= 4 is 12.0 Å². The zero-order valence-electron chi connectivity index (χ0n) is 20.3. The lowest BCUT2D eigenvalue weighted by molar-refractivity contribution is -0.106. The van der Waals surface area contributed by atoms with Gasteiger partial charge in [-0.05, 0) is 32.4 Å². The Bertz CT molecular complexity index is 909. The van der Waals surface area contributed by atoms with Gasteiger partial charge in [0.25, 0.3) is 0 Å². The predicted molar refractivity (Wildman–Crippen MR) is 134 cm³/mol. The maximum Gasteiger partial charge on any atom is 0.121 e. The fourth-order valence-electron chi connectivity index (χ4n) is 2.78. The maximum absolute atomic E-state index is 8.81. The summed E-state index contributed by atoms with van der Waals surface area (Å²) in [6, 6.07) is 16.6.